The fourth-order valence-corrected chi connectivity index (χ4v) is 4.67. The van der Waals surface area contributed by atoms with E-state index in [4.69, 9.17) is 18.6 Å². The van der Waals surface area contributed by atoms with Crippen molar-refractivity contribution >= 4 is 17.5 Å². The van der Waals surface area contributed by atoms with Gasteiger partial charge < -0.3 is 23.9 Å². The molecule has 1 fully saturated rings. The second-order valence-corrected chi connectivity index (χ2v) is 8.56. The molecule has 1 atom stereocenters. The number of anilines is 1. The van der Waals surface area contributed by atoms with Crippen LogP contribution in [0, 0.1) is 0 Å². The molecular weight excluding hydrogens is 460 g/mol. The number of hydrogen-bond acceptors (Lipinski definition) is 6. The van der Waals surface area contributed by atoms with Gasteiger partial charge in [0.05, 0.1) is 27.1 Å². The Bertz CT molecular complexity index is 1170. The zero-order valence-electron chi connectivity index (χ0n) is 20.9. The Morgan fingerprint density at radius 1 is 1.06 bits per heavy atom. The van der Waals surface area contributed by atoms with E-state index in [2.05, 4.69) is 5.32 Å². The molecule has 0 saturated heterocycles. The van der Waals surface area contributed by atoms with Gasteiger partial charge in [0, 0.05) is 23.4 Å². The van der Waals surface area contributed by atoms with Crippen LogP contribution in [0.2, 0.25) is 0 Å². The van der Waals surface area contributed by atoms with E-state index in [0.29, 0.717) is 35.1 Å². The molecular formula is C28H32N2O6. The third kappa shape index (κ3) is 5.32. The highest BCUT2D eigenvalue weighted by Crippen LogP contribution is 2.40. The van der Waals surface area contributed by atoms with E-state index in [1.165, 1.54) is 25.4 Å². The quantitative estimate of drug-likeness (QED) is 0.421. The molecule has 36 heavy (non-hydrogen) atoms. The summed E-state index contributed by atoms with van der Waals surface area (Å²) in [4.78, 5) is 29.4. The second-order valence-electron chi connectivity index (χ2n) is 8.56. The number of furan rings is 1. The number of methoxy groups -OCH3 is 2. The van der Waals surface area contributed by atoms with Crippen molar-refractivity contribution in [1.82, 2.24) is 5.32 Å². The Morgan fingerprint density at radius 3 is 2.50 bits per heavy atom. The predicted octanol–water partition coefficient (Wildman–Crippen LogP) is 5.14. The van der Waals surface area contributed by atoms with Crippen molar-refractivity contribution in [3.63, 3.8) is 0 Å². The molecule has 1 aliphatic rings. The standard InChI is InChI=1S/C28H32N2O6/c1-4-35-21-13-7-12-20(18-21)30(28(32)24-16-9-17-36-24)25(27(31)29-19-10-5-6-11-19)22-14-8-15-23(33-2)26(22)34-3/h7-9,12-19,25H,4-6,10-11H2,1-3H3,(H,29,31)/t25-/m1/s1. The molecule has 4 rings (SSSR count). The molecule has 0 aliphatic heterocycles. The third-order valence-electron chi connectivity index (χ3n) is 6.29. The van der Waals surface area contributed by atoms with Crippen molar-refractivity contribution in [2.75, 3.05) is 25.7 Å². The first-order valence-corrected chi connectivity index (χ1v) is 12.2. The van der Waals surface area contributed by atoms with Crippen LogP contribution in [-0.4, -0.2) is 38.7 Å². The summed E-state index contributed by atoms with van der Waals surface area (Å²) in [7, 11) is 3.05. The molecule has 1 saturated carbocycles. The lowest BCUT2D eigenvalue weighted by Gasteiger charge is -2.33. The highest BCUT2D eigenvalue weighted by atomic mass is 16.5. The molecule has 0 spiro atoms. The summed E-state index contributed by atoms with van der Waals surface area (Å²) in [5.74, 6) is 0.754. The van der Waals surface area contributed by atoms with E-state index in [1.807, 2.05) is 13.0 Å². The number of para-hydroxylation sites is 1. The lowest BCUT2D eigenvalue weighted by molar-refractivity contribution is -0.123. The zero-order valence-corrected chi connectivity index (χ0v) is 20.9. The maximum Gasteiger partial charge on any atom is 0.294 e. The smallest absolute Gasteiger partial charge is 0.294 e. The number of carbonyl (C=O) groups excluding carboxylic acids is 2. The van der Waals surface area contributed by atoms with E-state index >= 15 is 0 Å². The van der Waals surface area contributed by atoms with Crippen LogP contribution in [0.5, 0.6) is 17.2 Å². The molecule has 1 aliphatic carbocycles. The lowest BCUT2D eigenvalue weighted by Crippen LogP contribution is -2.46. The molecule has 1 heterocycles. The Labute approximate surface area is 211 Å². The van der Waals surface area contributed by atoms with Crippen molar-refractivity contribution in [1.29, 1.82) is 0 Å². The first kappa shape index (κ1) is 25.2. The minimum Gasteiger partial charge on any atom is -0.494 e. The van der Waals surface area contributed by atoms with Gasteiger partial charge in [0.2, 0.25) is 5.91 Å². The fourth-order valence-electron chi connectivity index (χ4n) is 4.67. The number of nitrogens with zero attached hydrogens (tertiary/aromatic N) is 1. The number of rotatable bonds is 10. The van der Waals surface area contributed by atoms with E-state index < -0.39 is 11.9 Å². The molecule has 2 amide bonds. The van der Waals surface area contributed by atoms with Crippen LogP contribution in [0.4, 0.5) is 5.69 Å². The summed E-state index contributed by atoms with van der Waals surface area (Å²) >= 11 is 0. The summed E-state index contributed by atoms with van der Waals surface area (Å²) in [5.41, 5.74) is 0.980. The number of hydrogen-bond donors (Lipinski definition) is 1. The highest BCUT2D eigenvalue weighted by Gasteiger charge is 2.38. The van der Waals surface area contributed by atoms with Crippen LogP contribution in [0.25, 0.3) is 0 Å². The SMILES string of the molecule is CCOc1cccc(N(C(=O)c2ccco2)[C@@H](C(=O)NC2CCCC2)c2cccc(OC)c2OC)c1. The summed E-state index contributed by atoms with van der Waals surface area (Å²) < 4.78 is 22.4. The van der Waals surface area contributed by atoms with E-state index in [-0.39, 0.29) is 17.7 Å². The number of benzene rings is 2. The molecule has 3 aromatic rings. The first-order valence-electron chi connectivity index (χ1n) is 12.2. The van der Waals surface area contributed by atoms with Crippen molar-refractivity contribution in [3.8, 4) is 17.2 Å². The van der Waals surface area contributed by atoms with E-state index in [9.17, 15) is 9.59 Å². The van der Waals surface area contributed by atoms with Gasteiger partial charge in [0.25, 0.3) is 5.91 Å². The monoisotopic (exact) mass is 492 g/mol. The van der Waals surface area contributed by atoms with Gasteiger partial charge in [-0.1, -0.05) is 31.0 Å². The van der Waals surface area contributed by atoms with Gasteiger partial charge in [-0.15, -0.1) is 0 Å². The van der Waals surface area contributed by atoms with Crippen molar-refractivity contribution < 1.29 is 28.2 Å². The molecule has 0 bridgehead atoms. The average molecular weight is 493 g/mol. The van der Waals surface area contributed by atoms with Gasteiger partial charge in [0.15, 0.2) is 17.3 Å². The van der Waals surface area contributed by atoms with E-state index in [1.54, 1.807) is 48.5 Å². The minimum atomic E-state index is -1.06. The highest BCUT2D eigenvalue weighted by molar-refractivity contribution is 6.09. The van der Waals surface area contributed by atoms with E-state index in [0.717, 1.165) is 25.7 Å². The van der Waals surface area contributed by atoms with Gasteiger partial charge >= 0.3 is 0 Å². The number of nitrogens with one attached hydrogen (secondary N) is 1. The Morgan fingerprint density at radius 2 is 1.83 bits per heavy atom. The van der Waals surface area contributed by atoms with Crippen LogP contribution in [0.3, 0.4) is 0 Å². The van der Waals surface area contributed by atoms with Crippen LogP contribution in [-0.2, 0) is 4.79 Å². The third-order valence-corrected chi connectivity index (χ3v) is 6.29. The lowest BCUT2D eigenvalue weighted by atomic mass is 10.00. The topological polar surface area (TPSA) is 90.2 Å². The normalized spacial score (nSPS) is 14.2. The Kier molecular flexibility index (Phi) is 8.15. The molecule has 8 heteroatoms. The van der Waals surface area contributed by atoms with Gasteiger partial charge in [0.1, 0.15) is 11.8 Å². The zero-order chi connectivity index (χ0) is 25.5. The molecule has 1 N–H and O–H groups in total. The molecule has 190 valence electrons. The Balaban J connectivity index is 1.89. The molecule has 2 aromatic carbocycles. The fraction of sp³-hybridized carbons (Fsp3) is 0.357. The number of carbonyl (C=O) groups is 2. The van der Waals surface area contributed by atoms with Crippen LogP contribution in [0.1, 0.15) is 54.8 Å². The van der Waals surface area contributed by atoms with Crippen LogP contribution >= 0.6 is 0 Å². The van der Waals surface area contributed by atoms with Crippen LogP contribution in [0.15, 0.2) is 65.3 Å². The first-order chi connectivity index (χ1) is 17.6. The average Bonchev–Trinajstić information content (AvgIpc) is 3.61. The largest absolute Gasteiger partial charge is 0.494 e. The summed E-state index contributed by atoms with van der Waals surface area (Å²) in [6.07, 6.45) is 5.36. The summed E-state index contributed by atoms with van der Waals surface area (Å²) in [6.45, 7) is 2.35. The summed E-state index contributed by atoms with van der Waals surface area (Å²) in [5, 5.41) is 3.17. The van der Waals surface area contributed by atoms with Crippen molar-refractivity contribution in [3.05, 3.63) is 72.2 Å². The molecule has 8 nitrogen and oxygen atoms in total. The number of amides is 2. The maximum absolute atomic E-state index is 14.0. The Hall–Kier alpha value is -3.94. The maximum atomic E-state index is 14.0. The van der Waals surface area contributed by atoms with Gasteiger partial charge in [-0.05, 0) is 50.1 Å². The number of ether oxygens (including phenoxy) is 3. The molecule has 1 aromatic heterocycles. The summed E-state index contributed by atoms with van der Waals surface area (Å²) in [6, 6.07) is 14.6. The minimum absolute atomic E-state index is 0.0481. The van der Waals surface area contributed by atoms with Crippen molar-refractivity contribution in [2.24, 2.45) is 0 Å². The second kappa shape index (κ2) is 11.7. The molecule has 0 radical (unpaired) electrons. The van der Waals surface area contributed by atoms with Crippen molar-refractivity contribution in [2.45, 2.75) is 44.7 Å². The van der Waals surface area contributed by atoms with Gasteiger partial charge in [-0.2, -0.15) is 0 Å². The predicted molar refractivity (Wildman–Crippen MR) is 136 cm³/mol. The van der Waals surface area contributed by atoms with Crippen LogP contribution < -0.4 is 24.4 Å². The molecule has 0 unspecified atom stereocenters. The van der Waals surface area contributed by atoms with Gasteiger partial charge in [-0.3, -0.25) is 14.5 Å². The van der Waals surface area contributed by atoms with Gasteiger partial charge in [-0.25, -0.2) is 0 Å².